The van der Waals surface area contributed by atoms with Gasteiger partial charge in [-0.1, -0.05) is 13.0 Å². The molecule has 22 heavy (non-hydrogen) atoms. The molecule has 4 aliphatic rings. The lowest BCUT2D eigenvalue weighted by Gasteiger charge is -2.53. The van der Waals surface area contributed by atoms with Crippen LogP contribution in [0.1, 0.15) is 36.0 Å². The topological polar surface area (TPSA) is 52.6 Å². The van der Waals surface area contributed by atoms with Crippen molar-refractivity contribution >= 4 is 12.3 Å². The molecule has 2 saturated heterocycles. The van der Waals surface area contributed by atoms with Crippen LogP contribution in [0.4, 0.5) is 0 Å². The molecule has 2 aliphatic carbocycles. The van der Waals surface area contributed by atoms with Crippen LogP contribution in [0.2, 0.25) is 0 Å². The van der Waals surface area contributed by atoms with Crippen molar-refractivity contribution in [1.29, 1.82) is 0 Å². The van der Waals surface area contributed by atoms with Crippen LogP contribution in [0.3, 0.4) is 0 Å². The van der Waals surface area contributed by atoms with Gasteiger partial charge in [-0.25, -0.2) is 0 Å². The molecule has 1 aromatic rings. The number of rotatable bonds is 2. The summed E-state index contributed by atoms with van der Waals surface area (Å²) in [5.41, 5.74) is 2.49. The summed E-state index contributed by atoms with van der Waals surface area (Å²) in [6.45, 7) is 4.06. The standard InChI is InChI=1S/C18H20O4/c1-9-6-15-13-7-12-10(2)14(21-3)5-4-11(12)16(13)18(9,8-19)17(20)22-15/h4-5,8-9,13,15-16H,6-7H2,1-3H3/t9?,13-,15+,16-,18-/m1/s1. The van der Waals surface area contributed by atoms with Gasteiger partial charge in [0.05, 0.1) is 7.11 Å². The molecule has 2 aliphatic heterocycles. The van der Waals surface area contributed by atoms with Gasteiger partial charge in [-0.3, -0.25) is 4.79 Å². The first-order valence-electron chi connectivity index (χ1n) is 7.88. The van der Waals surface area contributed by atoms with Gasteiger partial charge in [-0.05, 0) is 48.4 Å². The van der Waals surface area contributed by atoms with E-state index in [9.17, 15) is 9.59 Å². The van der Waals surface area contributed by atoms with Crippen LogP contribution in [-0.2, 0) is 20.7 Å². The van der Waals surface area contributed by atoms with Gasteiger partial charge in [0, 0.05) is 11.8 Å². The molecular weight excluding hydrogens is 280 g/mol. The number of aldehydes is 1. The van der Waals surface area contributed by atoms with E-state index in [2.05, 4.69) is 6.92 Å². The van der Waals surface area contributed by atoms with Crippen LogP contribution < -0.4 is 4.74 Å². The summed E-state index contributed by atoms with van der Waals surface area (Å²) in [6, 6.07) is 3.99. The number of fused-ring (bicyclic) bond motifs is 3. The van der Waals surface area contributed by atoms with Crippen molar-refractivity contribution in [3.8, 4) is 5.75 Å². The van der Waals surface area contributed by atoms with E-state index in [0.717, 1.165) is 36.0 Å². The molecule has 4 heteroatoms. The SMILES string of the molecule is COc1ccc2c(c1C)C[C@@H]1[C@@H]3CC(C)[C@@](C=O)(C(=O)O3)[C@H]21. The second kappa shape index (κ2) is 4.34. The van der Waals surface area contributed by atoms with Crippen LogP contribution in [-0.4, -0.2) is 25.5 Å². The van der Waals surface area contributed by atoms with Crippen LogP contribution in [0.25, 0.3) is 0 Å². The summed E-state index contributed by atoms with van der Waals surface area (Å²) < 4.78 is 11.0. The predicted molar refractivity (Wildman–Crippen MR) is 79.8 cm³/mol. The first-order valence-corrected chi connectivity index (χ1v) is 7.88. The van der Waals surface area contributed by atoms with Crippen molar-refractivity contribution in [3.05, 3.63) is 28.8 Å². The molecule has 0 amide bonds. The molecule has 5 atom stereocenters. The number of hydrogen-bond donors (Lipinski definition) is 0. The summed E-state index contributed by atoms with van der Waals surface area (Å²) in [5.74, 6) is 0.754. The molecule has 2 heterocycles. The quantitative estimate of drug-likeness (QED) is 0.478. The molecule has 0 N–H and O–H groups in total. The third-order valence-electron chi connectivity index (χ3n) is 6.21. The molecule has 0 spiro atoms. The smallest absolute Gasteiger partial charge is 0.320 e. The highest BCUT2D eigenvalue weighted by Gasteiger charge is 2.66. The third kappa shape index (κ3) is 1.38. The Morgan fingerprint density at radius 1 is 1.41 bits per heavy atom. The first kappa shape index (κ1) is 13.8. The van der Waals surface area contributed by atoms with E-state index < -0.39 is 5.41 Å². The van der Waals surface area contributed by atoms with Crippen molar-refractivity contribution in [3.63, 3.8) is 0 Å². The van der Waals surface area contributed by atoms with Crippen molar-refractivity contribution in [2.24, 2.45) is 17.3 Å². The summed E-state index contributed by atoms with van der Waals surface area (Å²) in [4.78, 5) is 24.5. The molecular formula is C18H20O4. The van der Waals surface area contributed by atoms with Crippen LogP contribution in [0, 0.1) is 24.2 Å². The highest BCUT2D eigenvalue weighted by Crippen LogP contribution is 2.62. The maximum Gasteiger partial charge on any atom is 0.320 e. The van der Waals surface area contributed by atoms with E-state index in [-0.39, 0.29) is 29.8 Å². The maximum atomic E-state index is 12.5. The Morgan fingerprint density at radius 3 is 2.82 bits per heavy atom. The molecule has 3 fully saturated rings. The van der Waals surface area contributed by atoms with Gasteiger partial charge in [-0.15, -0.1) is 0 Å². The van der Waals surface area contributed by atoms with Gasteiger partial charge >= 0.3 is 5.97 Å². The van der Waals surface area contributed by atoms with E-state index in [0.29, 0.717) is 0 Å². The Bertz CT molecular complexity index is 680. The molecule has 5 rings (SSSR count). The fraction of sp³-hybridized carbons (Fsp3) is 0.556. The normalized spacial score (nSPS) is 38.2. The fourth-order valence-electron chi connectivity index (χ4n) is 5.05. The van der Waals surface area contributed by atoms with Crippen LogP contribution in [0.5, 0.6) is 5.75 Å². The van der Waals surface area contributed by atoms with Crippen molar-refractivity contribution in [2.45, 2.75) is 38.7 Å². The van der Waals surface area contributed by atoms with E-state index in [1.807, 2.05) is 19.1 Å². The van der Waals surface area contributed by atoms with Gasteiger partial charge in [-0.2, -0.15) is 0 Å². The maximum absolute atomic E-state index is 12.5. The number of carbonyl (C=O) groups is 2. The minimum absolute atomic E-state index is 0.0332. The van der Waals surface area contributed by atoms with E-state index in [1.165, 1.54) is 5.56 Å². The Labute approximate surface area is 129 Å². The van der Waals surface area contributed by atoms with Gasteiger partial charge in [0.25, 0.3) is 0 Å². The third-order valence-corrected chi connectivity index (χ3v) is 6.21. The van der Waals surface area contributed by atoms with Crippen molar-refractivity contribution in [1.82, 2.24) is 0 Å². The summed E-state index contributed by atoms with van der Waals surface area (Å²) >= 11 is 0. The van der Waals surface area contributed by atoms with Crippen molar-refractivity contribution in [2.75, 3.05) is 7.11 Å². The number of methoxy groups -OCH3 is 1. The molecule has 1 aromatic carbocycles. The highest BCUT2D eigenvalue weighted by atomic mass is 16.5. The average Bonchev–Trinajstić information content (AvgIpc) is 2.90. The largest absolute Gasteiger partial charge is 0.496 e. The lowest BCUT2D eigenvalue weighted by Crippen LogP contribution is -2.60. The van der Waals surface area contributed by atoms with E-state index in [4.69, 9.17) is 9.47 Å². The highest BCUT2D eigenvalue weighted by molar-refractivity contribution is 5.97. The number of carbonyl (C=O) groups excluding carboxylic acids is 2. The number of esters is 1. The number of hydrogen-bond acceptors (Lipinski definition) is 4. The molecule has 1 unspecified atom stereocenters. The van der Waals surface area contributed by atoms with Crippen molar-refractivity contribution < 1.29 is 19.1 Å². The second-order valence-corrected chi connectivity index (χ2v) is 6.94. The summed E-state index contributed by atoms with van der Waals surface area (Å²) in [6.07, 6.45) is 2.45. The lowest BCUT2D eigenvalue weighted by atomic mass is 9.54. The first-order chi connectivity index (χ1) is 10.5. The van der Waals surface area contributed by atoms with Gasteiger partial charge in [0.1, 0.15) is 23.6 Å². The zero-order chi connectivity index (χ0) is 15.6. The van der Waals surface area contributed by atoms with Gasteiger partial charge < -0.3 is 14.3 Å². The molecule has 0 radical (unpaired) electrons. The fourth-order valence-corrected chi connectivity index (χ4v) is 5.05. The minimum Gasteiger partial charge on any atom is -0.496 e. The molecule has 4 nitrogen and oxygen atoms in total. The predicted octanol–water partition coefficient (Wildman–Crippen LogP) is 2.41. The van der Waals surface area contributed by atoms with Crippen LogP contribution in [0.15, 0.2) is 12.1 Å². The zero-order valence-corrected chi connectivity index (χ0v) is 13.1. The Balaban J connectivity index is 1.93. The molecule has 1 saturated carbocycles. The molecule has 0 aromatic heterocycles. The molecule has 2 bridgehead atoms. The number of benzene rings is 1. The Kier molecular flexibility index (Phi) is 2.72. The van der Waals surface area contributed by atoms with Gasteiger partial charge in [0.2, 0.25) is 0 Å². The summed E-state index contributed by atoms with van der Waals surface area (Å²) in [5, 5.41) is 0. The Morgan fingerprint density at radius 2 is 2.18 bits per heavy atom. The Hall–Kier alpha value is -1.84. The lowest BCUT2D eigenvalue weighted by molar-refractivity contribution is -0.201. The van der Waals surface area contributed by atoms with Crippen LogP contribution >= 0.6 is 0 Å². The summed E-state index contributed by atoms with van der Waals surface area (Å²) in [7, 11) is 1.67. The van der Waals surface area contributed by atoms with E-state index >= 15 is 0 Å². The zero-order valence-electron chi connectivity index (χ0n) is 13.1. The van der Waals surface area contributed by atoms with E-state index in [1.54, 1.807) is 7.11 Å². The van der Waals surface area contributed by atoms with Gasteiger partial charge in [0.15, 0.2) is 0 Å². The second-order valence-electron chi connectivity index (χ2n) is 6.94. The number of ether oxygens (including phenoxy) is 2. The molecule has 116 valence electrons. The average molecular weight is 300 g/mol. The minimum atomic E-state index is -1.01. The monoisotopic (exact) mass is 300 g/mol.